The maximum absolute atomic E-state index is 11.7. The number of rotatable bonds is 5. The van der Waals surface area contributed by atoms with Gasteiger partial charge in [-0.05, 0) is 49.3 Å². The first-order valence-corrected chi connectivity index (χ1v) is 9.43. The van der Waals surface area contributed by atoms with E-state index in [-0.39, 0.29) is 11.3 Å². The largest absolute Gasteiger partial charge is 0.497 e. The highest BCUT2D eigenvalue weighted by molar-refractivity contribution is 7.91. The molecule has 0 heterocycles. The lowest BCUT2D eigenvalue weighted by molar-refractivity contribution is 0.304. The first kappa shape index (κ1) is 16.3. The van der Waals surface area contributed by atoms with E-state index in [1.807, 2.05) is 24.3 Å². The molecule has 3 unspecified atom stereocenters. The quantitative estimate of drug-likeness (QED) is 0.905. The molecule has 2 rings (SSSR count). The average molecular weight is 311 g/mol. The molecule has 118 valence electrons. The Morgan fingerprint density at radius 1 is 1.29 bits per heavy atom. The molecule has 0 aliphatic heterocycles. The second kappa shape index (κ2) is 6.79. The van der Waals surface area contributed by atoms with Crippen LogP contribution >= 0.6 is 0 Å². The molecule has 1 aromatic rings. The summed E-state index contributed by atoms with van der Waals surface area (Å²) in [6.45, 7) is 0. The SMILES string of the molecule is COc1ccc(CC(N)C2CCCC(S(C)(=O)=O)C2)cc1. The van der Waals surface area contributed by atoms with Crippen LogP contribution in [-0.4, -0.2) is 33.1 Å². The number of hydrogen-bond acceptors (Lipinski definition) is 4. The minimum atomic E-state index is -2.95. The minimum Gasteiger partial charge on any atom is -0.497 e. The molecule has 1 fully saturated rings. The van der Waals surface area contributed by atoms with Crippen molar-refractivity contribution in [2.45, 2.75) is 43.4 Å². The first-order valence-electron chi connectivity index (χ1n) is 7.47. The predicted octanol–water partition coefficient (Wildman–Crippen LogP) is 2.17. The standard InChI is InChI=1S/C16H25NO3S/c1-20-14-8-6-12(7-9-14)10-16(17)13-4-3-5-15(11-13)21(2,18)19/h6-9,13,15-16H,3-5,10-11,17H2,1-2H3. The number of ether oxygens (including phenoxy) is 1. The molecular formula is C16H25NO3S. The Labute approximate surface area is 127 Å². The van der Waals surface area contributed by atoms with Crippen LogP contribution < -0.4 is 10.5 Å². The van der Waals surface area contributed by atoms with E-state index in [0.29, 0.717) is 12.3 Å². The van der Waals surface area contributed by atoms with E-state index in [1.54, 1.807) is 7.11 Å². The van der Waals surface area contributed by atoms with Crippen molar-refractivity contribution in [2.75, 3.05) is 13.4 Å². The van der Waals surface area contributed by atoms with Gasteiger partial charge in [-0.3, -0.25) is 0 Å². The summed E-state index contributed by atoms with van der Waals surface area (Å²) in [5.41, 5.74) is 7.50. The summed E-state index contributed by atoms with van der Waals surface area (Å²) in [5, 5.41) is -0.210. The highest BCUT2D eigenvalue weighted by Crippen LogP contribution is 2.31. The summed E-state index contributed by atoms with van der Waals surface area (Å²) in [6, 6.07) is 7.93. The van der Waals surface area contributed by atoms with Gasteiger partial charge in [-0.1, -0.05) is 18.6 Å². The number of methoxy groups -OCH3 is 1. The molecule has 1 aliphatic carbocycles. The van der Waals surface area contributed by atoms with E-state index in [1.165, 1.54) is 11.8 Å². The van der Waals surface area contributed by atoms with Crippen molar-refractivity contribution >= 4 is 9.84 Å². The van der Waals surface area contributed by atoms with Crippen LogP contribution in [0.2, 0.25) is 0 Å². The van der Waals surface area contributed by atoms with E-state index in [9.17, 15) is 8.42 Å². The third-order valence-corrected chi connectivity index (χ3v) is 6.15. The third kappa shape index (κ3) is 4.45. The van der Waals surface area contributed by atoms with Gasteiger partial charge >= 0.3 is 0 Å². The summed E-state index contributed by atoms with van der Waals surface area (Å²) < 4.78 is 28.6. The van der Waals surface area contributed by atoms with E-state index >= 15 is 0 Å². The van der Waals surface area contributed by atoms with Gasteiger partial charge in [-0.15, -0.1) is 0 Å². The average Bonchev–Trinajstić information content (AvgIpc) is 2.47. The lowest BCUT2D eigenvalue weighted by Gasteiger charge is -2.32. The summed E-state index contributed by atoms with van der Waals surface area (Å²) in [6.07, 6.45) is 5.60. The van der Waals surface area contributed by atoms with Gasteiger partial charge in [0.15, 0.2) is 0 Å². The Morgan fingerprint density at radius 3 is 2.52 bits per heavy atom. The Morgan fingerprint density at radius 2 is 1.95 bits per heavy atom. The topological polar surface area (TPSA) is 69.4 Å². The Bertz CT molecular complexity index is 553. The second-order valence-electron chi connectivity index (χ2n) is 6.09. The molecular weight excluding hydrogens is 286 g/mol. The zero-order chi connectivity index (χ0) is 15.5. The maximum Gasteiger partial charge on any atom is 0.150 e. The summed E-state index contributed by atoms with van der Waals surface area (Å²) >= 11 is 0. The van der Waals surface area contributed by atoms with Crippen LogP contribution in [0.3, 0.4) is 0 Å². The second-order valence-corrected chi connectivity index (χ2v) is 8.42. The summed E-state index contributed by atoms with van der Waals surface area (Å²) in [5.74, 6) is 1.13. The molecule has 5 heteroatoms. The van der Waals surface area contributed by atoms with Crippen LogP contribution in [0, 0.1) is 5.92 Å². The van der Waals surface area contributed by atoms with Crippen LogP contribution in [0.1, 0.15) is 31.2 Å². The first-order chi connectivity index (χ1) is 9.90. The van der Waals surface area contributed by atoms with Gasteiger partial charge in [0.05, 0.1) is 12.4 Å². The van der Waals surface area contributed by atoms with Crippen molar-refractivity contribution in [2.24, 2.45) is 11.7 Å². The van der Waals surface area contributed by atoms with Gasteiger partial charge in [0.25, 0.3) is 0 Å². The molecule has 0 bridgehead atoms. The van der Waals surface area contributed by atoms with Crippen LogP contribution in [0.15, 0.2) is 24.3 Å². The normalized spacial score (nSPS) is 24.5. The number of nitrogens with two attached hydrogens (primary N) is 1. The van der Waals surface area contributed by atoms with Crippen molar-refractivity contribution in [3.8, 4) is 5.75 Å². The molecule has 0 aromatic heterocycles. The molecule has 0 spiro atoms. The highest BCUT2D eigenvalue weighted by Gasteiger charge is 2.31. The van der Waals surface area contributed by atoms with Gasteiger partial charge in [0.1, 0.15) is 15.6 Å². The predicted molar refractivity (Wildman–Crippen MR) is 85.3 cm³/mol. The van der Waals surface area contributed by atoms with E-state index in [4.69, 9.17) is 10.5 Å². The molecule has 2 N–H and O–H groups in total. The lowest BCUT2D eigenvalue weighted by Crippen LogP contribution is -2.38. The summed E-state index contributed by atoms with van der Waals surface area (Å²) in [7, 11) is -1.30. The maximum atomic E-state index is 11.7. The van der Waals surface area contributed by atoms with Crippen LogP contribution in [0.4, 0.5) is 0 Å². The molecule has 21 heavy (non-hydrogen) atoms. The molecule has 1 aromatic carbocycles. The fourth-order valence-electron chi connectivity index (χ4n) is 3.16. The van der Waals surface area contributed by atoms with Crippen LogP contribution in [0.25, 0.3) is 0 Å². The van der Waals surface area contributed by atoms with Gasteiger partial charge in [-0.2, -0.15) is 0 Å². The van der Waals surface area contributed by atoms with Crippen molar-refractivity contribution in [3.63, 3.8) is 0 Å². The number of hydrogen-bond donors (Lipinski definition) is 1. The Balaban J connectivity index is 1.97. The lowest BCUT2D eigenvalue weighted by atomic mass is 9.82. The zero-order valence-electron chi connectivity index (χ0n) is 12.8. The van der Waals surface area contributed by atoms with E-state index in [2.05, 4.69) is 0 Å². The van der Waals surface area contributed by atoms with Gasteiger partial charge in [0, 0.05) is 12.3 Å². The molecule has 3 atom stereocenters. The monoisotopic (exact) mass is 311 g/mol. The molecule has 0 radical (unpaired) electrons. The van der Waals surface area contributed by atoms with Crippen molar-refractivity contribution in [3.05, 3.63) is 29.8 Å². The van der Waals surface area contributed by atoms with Gasteiger partial charge < -0.3 is 10.5 Å². The molecule has 0 amide bonds. The Kier molecular flexibility index (Phi) is 5.27. The fraction of sp³-hybridized carbons (Fsp3) is 0.625. The van der Waals surface area contributed by atoms with Gasteiger partial charge in [-0.25, -0.2) is 8.42 Å². The molecule has 1 saturated carbocycles. The fourth-order valence-corrected chi connectivity index (χ4v) is 4.35. The number of benzene rings is 1. The molecule has 0 saturated heterocycles. The minimum absolute atomic E-state index is 0.0166. The van der Waals surface area contributed by atoms with Gasteiger partial charge in [0.2, 0.25) is 0 Å². The smallest absolute Gasteiger partial charge is 0.150 e. The summed E-state index contributed by atoms with van der Waals surface area (Å²) in [4.78, 5) is 0. The number of sulfone groups is 1. The Hall–Kier alpha value is -1.07. The van der Waals surface area contributed by atoms with Crippen LogP contribution in [0.5, 0.6) is 5.75 Å². The zero-order valence-corrected chi connectivity index (χ0v) is 13.6. The molecule has 4 nitrogen and oxygen atoms in total. The van der Waals surface area contributed by atoms with Crippen molar-refractivity contribution in [1.82, 2.24) is 0 Å². The van der Waals surface area contributed by atoms with Crippen molar-refractivity contribution < 1.29 is 13.2 Å². The van der Waals surface area contributed by atoms with Crippen LogP contribution in [-0.2, 0) is 16.3 Å². The van der Waals surface area contributed by atoms with Crippen molar-refractivity contribution in [1.29, 1.82) is 0 Å². The molecule has 1 aliphatic rings. The highest BCUT2D eigenvalue weighted by atomic mass is 32.2. The van der Waals surface area contributed by atoms with E-state index < -0.39 is 9.84 Å². The van der Waals surface area contributed by atoms with E-state index in [0.717, 1.165) is 31.4 Å². The third-order valence-electron chi connectivity index (χ3n) is 4.51.